The molecular formula is C12H18N2O2. The fraction of sp³-hybridized carbons (Fsp3) is 0.583. The molecule has 1 aliphatic rings. The third-order valence-corrected chi connectivity index (χ3v) is 3.23. The van der Waals surface area contributed by atoms with Gasteiger partial charge in [0, 0.05) is 12.1 Å². The predicted molar refractivity (Wildman–Crippen MR) is 61.0 cm³/mol. The van der Waals surface area contributed by atoms with E-state index in [1.807, 2.05) is 0 Å². The van der Waals surface area contributed by atoms with Gasteiger partial charge in [-0.05, 0) is 18.9 Å². The van der Waals surface area contributed by atoms with Crippen molar-refractivity contribution < 1.29 is 9.21 Å². The minimum atomic E-state index is -0.211. The zero-order valence-corrected chi connectivity index (χ0v) is 9.37. The number of rotatable bonds is 3. The van der Waals surface area contributed by atoms with Gasteiger partial charge in [0.25, 0.3) is 5.91 Å². The van der Waals surface area contributed by atoms with E-state index in [0.717, 1.165) is 25.7 Å². The van der Waals surface area contributed by atoms with Gasteiger partial charge in [-0.15, -0.1) is 0 Å². The summed E-state index contributed by atoms with van der Waals surface area (Å²) in [5.74, 6) is -0.107. The highest BCUT2D eigenvalue weighted by molar-refractivity contribution is 5.93. The summed E-state index contributed by atoms with van der Waals surface area (Å²) in [7, 11) is 0. The molecule has 1 aromatic rings. The first-order valence-electron chi connectivity index (χ1n) is 5.79. The summed E-state index contributed by atoms with van der Waals surface area (Å²) in [5, 5.41) is 2.87. The van der Waals surface area contributed by atoms with Crippen LogP contribution in [0.2, 0.25) is 0 Å². The van der Waals surface area contributed by atoms with Crippen LogP contribution in [0, 0.1) is 0 Å². The van der Waals surface area contributed by atoms with Crippen molar-refractivity contribution in [3.8, 4) is 0 Å². The molecule has 4 heteroatoms. The van der Waals surface area contributed by atoms with E-state index in [1.165, 1.54) is 18.9 Å². The molecule has 0 saturated heterocycles. The van der Waals surface area contributed by atoms with Crippen LogP contribution < -0.4 is 11.1 Å². The molecule has 4 nitrogen and oxygen atoms in total. The molecular weight excluding hydrogens is 204 g/mol. The summed E-state index contributed by atoms with van der Waals surface area (Å²) in [6.45, 7) is 0.553. The minimum absolute atomic E-state index is 0.107. The normalized spacial score (nSPS) is 19.3. The third-order valence-electron chi connectivity index (χ3n) is 3.23. The van der Waals surface area contributed by atoms with E-state index in [-0.39, 0.29) is 11.4 Å². The van der Waals surface area contributed by atoms with Gasteiger partial charge in [0.05, 0.1) is 11.8 Å². The number of hydrogen-bond acceptors (Lipinski definition) is 3. The lowest BCUT2D eigenvalue weighted by molar-refractivity contribution is 0.0937. The van der Waals surface area contributed by atoms with E-state index in [0.29, 0.717) is 12.1 Å². The standard InChI is InChI=1S/C12H18N2O2/c13-12(5-2-1-3-6-12)9-14-11(15)10-4-7-16-8-10/h4,7-8H,1-3,5-6,9,13H2,(H,14,15). The van der Waals surface area contributed by atoms with Crippen LogP contribution in [0.25, 0.3) is 0 Å². The first-order chi connectivity index (χ1) is 7.70. The largest absolute Gasteiger partial charge is 0.472 e. The summed E-state index contributed by atoms with van der Waals surface area (Å²) in [6, 6.07) is 1.65. The lowest BCUT2D eigenvalue weighted by atomic mass is 9.82. The molecule has 0 bridgehead atoms. The molecule has 2 rings (SSSR count). The molecule has 1 amide bonds. The summed E-state index contributed by atoms with van der Waals surface area (Å²) in [4.78, 5) is 11.7. The van der Waals surface area contributed by atoms with Gasteiger partial charge >= 0.3 is 0 Å². The molecule has 3 N–H and O–H groups in total. The van der Waals surface area contributed by atoms with E-state index in [9.17, 15) is 4.79 Å². The van der Waals surface area contributed by atoms with Gasteiger partial charge in [-0.1, -0.05) is 19.3 Å². The molecule has 0 aromatic carbocycles. The summed E-state index contributed by atoms with van der Waals surface area (Å²) in [6.07, 6.45) is 8.52. The van der Waals surface area contributed by atoms with E-state index < -0.39 is 0 Å². The Hall–Kier alpha value is -1.29. The number of nitrogens with one attached hydrogen (secondary N) is 1. The molecule has 88 valence electrons. The van der Waals surface area contributed by atoms with Gasteiger partial charge in [0.2, 0.25) is 0 Å². The first-order valence-corrected chi connectivity index (χ1v) is 5.79. The molecule has 0 atom stereocenters. The molecule has 1 fully saturated rings. The van der Waals surface area contributed by atoms with Crippen molar-refractivity contribution in [2.75, 3.05) is 6.54 Å². The van der Waals surface area contributed by atoms with Crippen molar-refractivity contribution in [1.29, 1.82) is 0 Å². The second kappa shape index (κ2) is 4.70. The van der Waals surface area contributed by atoms with E-state index >= 15 is 0 Å². The third kappa shape index (κ3) is 2.64. The zero-order chi connectivity index (χ0) is 11.4. The van der Waals surface area contributed by atoms with Crippen LogP contribution in [0.4, 0.5) is 0 Å². The summed E-state index contributed by atoms with van der Waals surface area (Å²) < 4.78 is 4.86. The Morgan fingerprint density at radius 3 is 2.81 bits per heavy atom. The molecule has 0 unspecified atom stereocenters. The van der Waals surface area contributed by atoms with Crippen LogP contribution in [0.15, 0.2) is 23.0 Å². The Balaban J connectivity index is 1.84. The highest BCUT2D eigenvalue weighted by Crippen LogP contribution is 2.25. The molecule has 0 aliphatic heterocycles. The predicted octanol–water partition coefficient (Wildman–Crippen LogP) is 1.67. The van der Waals surface area contributed by atoms with Crippen molar-refractivity contribution in [2.45, 2.75) is 37.6 Å². The van der Waals surface area contributed by atoms with Gasteiger partial charge in [-0.3, -0.25) is 4.79 Å². The van der Waals surface area contributed by atoms with Gasteiger partial charge < -0.3 is 15.5 Å². The number of carbonyl (C=O) groups is 1. The second-order valence-electron chi connectivity index (χ2n) is 4.62. The van der Waals surface area contributed by atoms with Crippen LogP contribution in [0.1, 0.15) is 42.5 Å². The van der Waals surface area contributed by atoms with E-state index in [1.54, 1.807) is 6.07 Å². The average molecular weight is 222 g/mol. The molecule has 1 aliphatic carbocycles. The van der Waals surface area contributed by atoms with Gasteiger partial charge in [-0.2, -0.15) is 0 Å². The lowest BCUT2D eigenvalue weighted by Crippen LogP contribution is -2.51. The Kier molecular flexibility index (Phi) is 3.29. The Morgan fingerprint density at radius 1 is 1.44 bits per heavy atom. The van der Waals surface area contributed by atoms with Crippen molar-refractivity contribution in [3.05, 3.63) is 24.2 Å². The molecule has 1 heterocycles. The molecule has 16 heavy (non-hydrogen) atoms. The van der Waals surface area contributed by atoms with E-state index in [2.05, 4.69) is 5.32 Å². The Bertz CT molecular complexity index is 340. The average Bonchev–Trinajstić information content (AvgIpc) is 2.80. The van der Waals surface area contributed by atoms with Gasteiger partial charge in [0.1, 0.15) is 6.26 Å². The Morgan fingerprint density at radius 2 is 2.19 bits per heavy atom. The van der Waals surface area contributed by atoms with Crippen molar-refractivity contribution in [1.82, 2.24) is 5.32 Å². The van der Waals surface area contributed by atoms with Gasteiger partial charge in [-0.25, -0.2) is 0 Å². The summed E-state index contributed by atoms with van der Waals surface area (Å²) in [5.41, 5.74) is 6.57. The van der Waals surface area contributed by atoms with Crippen LogP contribution in [0.3, 0.4) is 0 Å². The quantitative estimate of drug-likeness (QED) is 0.817. The number of furan rings is 1. The monoisotopic (exact) mass is 222 g/mol. The second-order valence-corrected chi connectivity index (χ2v) is 4.62. The van der Waals surface area contributed by atoms with Crippen LogP contribution in [-0.2, 0) is 0 Å². The first kappa shape index (κ1) is 11.2. The number of carbonyl (C=O) groups excluding carboxylic acids is 1. The maximum absolute atomic E-state index is 11.7. The van der Waals surface area contributed by atoms with Crippen LogP contribution in [0.5, 0.6) is 0 Å². The van der Waals surface area contributed by atoms with Crippen molar-refractivity contribution in [2.24, 2.45) is 5.73 Å². The maximum atomic E-state index is 11.7. The Labute approximate surface area is 95.2 Å². The smallest absolute Gasteiger partial charge is 0.254 e. The number of amides is 1. The van der Waals surface area contributed by atoms with Crippen molar-refractivity contribution in [3.63, 3.8) is 0 Å². The highest BCUT2D eigenvalue weighted by atomic mass is 16.3. The molecule has 0 radical (unpaired) electrons. The fourth-order valence-electron chi connectivity index (χ4n) is 2.18. The zero-order valence-electron chi connectivity index (χ0n) is 9.37. The maximum Gasteiger partial charge on any atom is 0.254 e. The number of hydrogen-bond donors (Lipinski definition) is 2. The minimum Gasteiger partial charge on any atom is -0.472 e. The highest BCUT2D eigenvalue weighted by Gasteiger charge is 2.27. The lowest BCUT2D eigenvalue weighted by Gasteiger charge is -2.33. The number of nitrogens with two attached hydrogens (primary N) is 1. The van der Waals surface area contributed by atoms with Gasteiger partial charge in [0.15, 0.2) is 0 Å². The molecule has 0 spiro atoms. The SMILES string of the molecule is NC1(CNC(=O)c2ccoc2)CCCCC1. The topological polar surface area (TPSA) is 68.3 Å². The fourth-order valence-corrected chi connectivity index (χ4v) is 2.18. The van der Waals surface area contributed by atoms with Crippen LogP contribution in [-0.4, -0.2) is 18.0 Å². The van der Waals surface area contributed by atoms with Crippen LogP contribution >= 0.6 is 0 Å². The molecule has 1 saturated carbocycles. The van der Waals surface area contributed by atoms with E-state index in [4.69, 9.17) is 10.2 Å². The van der Waals surface area contributed by atoms with Crippen molar-refractivity contribution >= 4 is 5.91 Å². The summed E-state index contributed by atoms with van der Waals surface area (Å²) >= 11 is 0. The molecule has 1 aromatic heterocycles.